The van der Waals surface area contributed by atoms with Gasteiger partial charge in [-0.25, -0.2) is 13.8 Å². The second-order valence-electron chi connectivity index (χ2n) is 25.2. The number of ether oxygens (including phenoxy) is 1. The van der Waals surface area contributed by atoms with E-state index < -0.39 is 11.6 Å². The number of aromatic nitrogens is 2. The molecule has 0 bridgehead atoms. The maximum absolute atomic E-state index is 15.5. The Bertz CT molecular complexity index is 3980. The number of hydrogen-bond donors (Lipinski definition) is 0. The zero-order chi connectivity index (χ0) is 57.1. The second kappa shape index (κ2) is 23.6. The molecule has 10 aromatic rings. The monoisotopic (exact) mass is 1290 g/mol. The number of halogens is 2. The predicted molar refractivity (Wildman–Crippen MR) is 339 cm³/mol. The molecule has 0 saturated heterocycles. The number of rotatable bonds is 12. The van der Waals surface area contributed by atoms with Crippen molar-refractivity contribution in [3.05, 3.63) is 222 Å². The summed E-state index contributed by atoms with van der Waals surface area (Å²) in [5, 5.41) is 2.18. The summed E-state index contributed by atoms with van der Waals surface area (Å²) < 4.78 is 40.5. The van der Waals surface area contributed by atoms with E-state index in [0.29, 0.717) is 34.5 Å². The second-order valence-corrected chi connectivity index (χ2v) is 25.2. The van der Waals surface area contributed by atoms with Gasteiger partial charge in [-0.15, -0.1) is 53.6 Å². The van der Waals surface area contributed by atoms with Gasteiger partial charge in [0.1, 0.15) is 17.5 Å². The first-order chi connectivity index (χ1) is 40.2. The molecule has 5 nitrogen and oxygen atoms in total. The molecule has 8 heteroatoms. The minimum atomic E-state index is -0.628. The summed E-state index contributed by atoms with van der Waals surface area (Å²) >= 11 is 0. The van der Waals surface area contributed by atoms with E-state index in [9.17, 15) is 0 Å². The van der Waals surface area contributed by atoms with Gasteiger partial charge in [-0.3, -0.25) is 0 Å². The van der Waals surface area contributed by atoms with E-state index in [2.05, 4.69) is 203 Å². The fourth-order valence-electron chi connectivity index (χ4n) is 13.5. The van der Waals surface area contributed by atoms with Gasteiger partial charge in [-0.1, -0.05) is 177 Å². The van der Waals surface area contributed by atoms with Crippen molar-refractivity contribution in [2.24, 2.45) is 0 Å². The van der Waals surface area contributed by atoms with Crippen molar-refractivity contribution in [1.82, 2.24) is 9.55 Å². The number of benzene rings is 8. The largest absolute Gasteiger partial charge is 0.509 e. The molecule has 430 valence electrons. The van der Waals surface area contributed by atoms with Crippen LogP contribution >= 0.6 is 0 Å². The normalized spacial score (nSPS) is 15.1. The van der Waals surface area contributed by atoms with Crippen LogP contribution in [0.3, 0.4) is 0 Å². The average molecular weight is 1290 g/mol. The molecule has 0 spiro atoms. The number of anilines is 4. The van der Waals surface area contributed by atoms with E-state index in [-0.39, 0.29) is 38.3 Å². The van der Waals surface area contributed by atoms with Crippen LogP contribution < -0.4 is 14.5 Å². The van der Waals surface area contributed by atoms with Gasteiger partial charge < -0.3 is 19.1 Å². The minimum absolute atomic E-state index is 0. The average Bonchev–Trinajstić information content (AvgIpc) is 2.24. The first kappa shape index (κ1) is 57.1. The summed E-state index contributed by atoms with van der Waals surface area (Å²) in [6.07, 6.45) is 14.1. The van der Waals surface area contributed by atoms with Crippen LogP contribution in [0, 0.1) is 30.4 Å². The van der Waals surface area contributed by atoms with Crippen molar-refractivity contribution in [2.75, 3.05) is 9.80 Å². The number of para-hydroxylation sites is 4. The van der Waals surface area contributed by atoms with Gasteiger partial charge >= 0.3 is 0 Å². The van der Waals surface area contributed by atoms with Gasteiger partial charge in [-0.05, 0) is 147 Å². The molecule has 8 aromatic carbocycles. The molecule has 13 rings (SSSR count). The number of hydrogen-bond acceptors (Lipinski definition) is 4. The Morgan fingerprint density at radius 2 is 1.15 bits per heavy atom. The fraction of sp³-hybridized carbons (Fsp3) is 0.289. The Labute approximate surface area is 510 Å². The molecule has 2 saturated carbocycles. The first-order valence-corrected chi connectivity index (χ1v) is 30.3. The van der Waals surface area contributed by atoms with E-state index >= 15 is 8.78 Å². The summed E-state index contributed by atoms with van der Waals surface area (Å²) in [5.41, 5.74) is 17.4. The molecule has 2 aliphatic carbocycles. The molecule has 0 amide bonds. The van der Waals surface area contributed by atoms with E-state index in [1.807, 2.05) is 24.4 Å². The van der Waals surface area contributed by atoms with Gasteiger partial charge in [0, 0.05) is 78.5 Å². The van der Waals surface area contributed by atoms with Crippen LogP contribution in [0.1, 0.15) is 164 Å². The molecular weight excluding hydrogens is 1220 g/mol. The van der Waals surface area contributed by atoms with Crippen LogP contribution in [0.15, 0.2) is 164 Å². The summed E-state index contributed by atoms with van der Waals surface area (Å²) in [6.45, 7) is 17.8. The van der Waals surface area contributed by atoms with Crippen LogP contribution in [0.2, 0.25) is 0 Å². The summed E-state index contributed by atoms with van der Waals surface area (Å²) in [5.74, 6) is 2.17. The van der Waals surface area contributed by atoms with Gasteiger partial charge in [0.25, 0.3) is 0 Å². The van der Waals surface area contributed by atoms with Gasteiger partial charge in [0.2, 0.25) is 0 Å². The number of nitrogens with zero attached hydrogens (tertiary/aromatic N) is 4. The van der Waals surface area contributed by atoms with Crippen molar-refractivity contribution in [2.45, 2.75) is 142 Å². The number of fused-ring (bicyclic) bond motifs is 4. The Balaban J connectivity index is 0.00000694. The molecule has 2 fully saturated rings. The molecule has 84 heavy (non-hydrogen) atoms. The molecule has 0 N–H and O–H groups in total. The molecule has 0 atom stereocenters. The zero-order valence-electron chi connectivity index (χ0n) is 49.3. The zero-order valence-corrected chi connectivity index (χ0v) is 51.6. The standard InChI is InChI=1S/C76H73F2N4O.Pt/c1-48(2)52-36-53(49(3)4)38-54(37-52)65-27-19-28-66(55-39-58(77)44-59(78)40-55)75(65)81-47-80(70-30-16-17-31-71(70)81)60-41-56(74-63(50-20-10-8-11-21-50)25-18-26-64(74)51-22-12-9-13-23-51)42-62(45-60)83-61-32-33-68-67-24-14-15-29-69(67)82(72(68)46-61)73-43-57(34-35-79-73)76(5,6)7;/h14-19,24-44,47-51H,8-13,20-23H2,1-7H3;/q-3;. The molecule has 0 unspecified atom stereocenters. The maximum atomic E-state index is 15.5. The third kappa shape index (κ3) is 11.0. The smallest absolute Gasteiger partial charge is 0.135 e. The van der Waals surface area contributed by atoms with Crippen LogP contribution in [0.5, 0.6) is 11.5 Å². The molecule has 1 aliphatic heterocycles. The SMILES string of the molecule is CC(C)c1cc(-c2cccc(-c3cc(F)cc(F)c3)c2N2[CH-]N(c3[c-]c(Oc4[c-]c5c(cc4)c4ccccc4n5-c4cc(C(C)(C)C)ccn4)cc(-c4c(C5CCCCC5)cccc4C4CCCCC4)c3)c3ccccc32)cc(C(C)C)c1.[Pt]. The van der Waals surface area contributed by atoms with E-state index in [1.54, 1.807) is 0 Å². The molecule has 2 aromatic heterocycles. The van der Waals surface area contributed by atoms with E-state index in [1.165, 1.54) is 110 Å². The Morgan fingerprint density at radius 1 is 0.560 bits per heavy atom. The first-order valence-electron chi connectivity index (χ1n) is 30.3. The fourth-order valence-corrected chi connectivity index (χ4v) is 13.5. The van der Waals surface area contributed by atoms with Crippen molar-refractivity contribution in [3.63, 3.8) is 0 Å². The predicted octanol–water partition coefficient (Wildman–Crippen LogP) is 21.9. The maximum Gasteiger partial charge on any atom is 0.135 e. The third-order valence-corrected chi connectivity index (χ3v) is 17.9. The van der Waals surface area contributed by atoms with Gasteiger partial charge in [0.05, 0.1) is 0 Å². The summed E-state index contributed by atoms with van der Waals surface area (Å²) in [6, 6.07) is 61.6. The van der Waals surface area contributed by atoms with E-state index in [4.69, 9.17) is 9.72 Å². The Kier molecular flexibility index (Phi) is 16.0. The summed E-state index contributed by atoms with van der Waals surface area (Å²) in [7, 11) is 0. The quantitative estimate of drug-likeness (QED) is 0.114. The van der Waals surface area contributed by atoms with Crippen molar-refractivity contribution >= 4 is 44.6 Å². The van der Waals surface area contributed by atoms with Crippen molar-refractivity contribution in [1.29, 1.82) is 0 Å². The Morgan fingerprint density at radius 3 is 1.79 bits per heavy atom. The third-order valence-electron chi connectivity index (χ3n) is 17.9. The number of pyridine rings is 1. The van der Waals surface area contributed by atoms with Crippen LogP contribution in [-0.2, 0) is 26.5 Å². The minimum Gasteiger partial charge on any atom is -0.509 e. The molecular formula is C76H73F2N4OPt-3. The topological polar surface area (TPSA) is 33.5 Å². The van der Waals surface area contributed by atoms with Gasteiger partial charge in [0.15, 0.2) is 0 Å². The Hall–Kier alpha value is -7.34. The molecule has 3 heterocycles. The van der Waals surface area contributed by atoms with Crippen LogP contribution in [-0.4, -0.2) is 9.55 Å². The van der Waals surface area contributed by atoms with Crippen LogP contribution in [0.25, 0.3) is 61.0 Å². The van der Waals surface area contributed by atoms with Crippen LogP contribution in [0.4, 0.5) is 31.5 Å². The van der Waals surface area contributed by atoms with Gasteiger partial charge in [-0.2, -0.15) is 6.07 Å². The molecule has 3 aliphatic rings. The van der Waals surface area contributed by atoms with Crippen molar-refractivity contribution < 1.29 is 34.6 Å². The molecule has 0 radical (unpaired) electrons. The summed E-state index contributed by atoms with van der Waals surface area (Å²) in [4.78, 5) is 9.42. The van der Waals surface area contributed by atoms with E-state index in [0.717, 1.165) is 73.1 Å². The van der Waals surface area contributed by atoms with Crippen molar-refractivity contribution in [3.8, 4) is 50.7 Å².